The Bertz CT molecular complexity index is 466. The summed E-state index contributed by atoms with van der Waals surface area (Å²) < 4.78 is 0. The number of nitrogens with one attached hydrogen (secondary N) is 1. The van der Waals surface area contributed by atoms with Crippen molar-refractivity contribution in [3.05, 3.63) is 71.8 Å². The van der Waals surface area contributed by atoms with Gasteiger partial charge in [-0.25, -0.2) is 0 Å². The van der Waals surface area contributed by atoms with Gasteiger partial charge < -0.3 is 14.8 Å². The lowest BCUT2D eigenvalue weighted by Gasteiger charge is -2.17. The maximum atomic E-state index is 8.89. The highest BCUT2D eigenvalue weighted by atomic mass is 16.4. The van der Waals surface area contributed by atoms with Crippen LogP contribution in [0.5, 0.6) is 0 Å². The van der Waals surface area contributed by atoms with Crippen LogP contribution in [0, 0.1) is 0 Å². The molecular formula is C18H23NO2. The van der Waals surface area contributed by atoms with Crippen molar-refractivity contribution < 1.29 is 14.8 Å². The highest BCUT2D eigenvalue weighted by Gasteiger charge is 2.07. The van der Waals surface area contributed by atoms with E-state index in [0.717, 1.165) is 26.6 Å². The molecule has 0 aliphatic carbocycles. The summed E-state index contributed by atoms with van der Waals surface area (Å²) in [4.78, 5) is 10.5. The van der Waals surface area contributed by atoms with Gasteiger partial charge in [0.05, 0.1) is 6.54 Å². The summed E-state index contributed by atoms with van der Waals surface area (Å²) >= 11 is 0. The Hall–Kier alpha value is -2.13. The van der Waals surface area contributed by atoms with Crippen LogP contribution in [0.4, 0.5) is 0 Å². The number of aliphatic carboxylic acids is 1. The number of carbonyl (C=O) groups excluding carboxylic acids is 1. The summed E-state index contributed by atoms with van der Waals surface area (Å²) in [6.07, 6.45) is 0. The maximum absolute atomic E-state index is 8.89. The van der Waals surface area contributed by atoms with Crippen LogP contribution in [0.2, 0.25) is 0 Å². The van der Waals surface area contributed by atoms with Crippen molar-refractivity contribution in [3.8, 4) is 0 Å². The van der Waals surface area contributed by atoms with Crippen LogP contribution in [0.15, 0.2) is 60.7 Å². The number of carbonyl (C=O) groups is 1. The number of rotatable bonds is 5. The summed E-state index contributed by atoms with van der Waals surface area (Å²) in [5.74, 6) is -1.08. The fourth-order valence-electron chi connectivity index (χ4n) is 2.08. The minimum atomic E-state index is -1.08. The van der Waals surface area contributed by atoms with Gasteiger partial charge in [-0.2, -0.15) is 0 Å². The highest BCUT2D eigenvalue weighted by molar-refractivity contribution is 5.60. The third-order valence-electron chi connectivity index (χ3n) is 3.09. The standard InChI is InChI=1S/C16H19N.C2H4O2/c1-2-17(13-15-9-5-3-6-10-15)14-16-11-7-4-8-12-16;1-2(3)4/h3-12H,2,13-14H2,1H3;1H3,(H,3,4). The molecular weight excluding hydrogens is 262 g/mol. The van der Waals surface area contributed by atoms with E-state index in [4.69, 9.17) is 9.90 Å². The minimum Gasteiger partial charge on any atom is -0.550 e. The average molecular weight is 285 g/mol. The summed E-state index contributed by atoms with van der Waals surface area (Å²) in [7, 11) is 0. The lowest BCUT2D eigenvalue weighted by molar-refractivity contribution is -0.925. The Morgan fingerprint density at radius 2 is 1.24 bits per heavy atom. The van der Waals surface area contributed by atoms with Gasteiger partial charge in [0, 0.05) is 17.1 Å². The van der Waals surface area contributed by atoms with E-state index in [1.807, 2.05) is 0 Å². The van der Waals surface area contributed by atoms with Crippen LogP contribution in [0.3, 0.4) is 0 Å². The number of hydrogen-bond donors (Lipinski definition) is 1. The number of carboxylic acid groups (broad SMARTS) is 1. The molecule has 0 aliphatic rings. The first kappa shape index (κ1) is 16.9. The zero-order valence-corrected chi connectivity index (χ0v) is 12.7. The molecule has 1 N–H and O–H groups in total. The summed E-state index contributed by atoms with van der Waals surface area (Å²) in [6.45, 7) is 6.59. The molecule has 0 bridgehead atoms. The molecule has 0 amide bonds. The predicted molar refractivity (Wildman–Crippen MR) is 82.5 cm³/mol. The van der Waals surface area contributed by atoms with Crippen molar-refractivity contribution in [1.29, 1.82) is 0 Å². The highest BCUT2D eigenvalue weighted by Crippen LogP contribution is 1.98. The van der Waals surface area contributed by atoms with Crippen molar-refractivity contribution in [2.45, 2.75) is 26.9 Å². The summed E-state index contributed by atoms with van der Waals surface area (Å²) in [6, 6.07) is 21.5. The molecule has 0 saturated heterocycles. The first-order valence-corrected chi connectivity index (χ1v) is 7.20. The van der Waals surface area contributed by atoms with Gasteiger partial charge in [-0.05, 0) is 13.8 Å². The van der Waals surface area contributed by atoms with E-state index >= 15 is 0 Å². The van der Waals surface area contributed by atoms with E-state index in [-0.39, 0.29) is 0 Å². The molecule has 0 radical (unpaired) electrons. The minimum absolute atomic E-state index is 0.972. The van der Waals surface area contributed by atoms with Gasteiger partial charge in [0.15, 0.2) is 0 Å². The Morgan fingerprint density at radius 1 is 0.905 bits per heavy atom. The van der Waals surface area contributed by atoms with Crippen LogP contribution < -0.4 is 10.0 Å². The molecule has 0 unspecified atom stereocenters. The van der Waals surface area contributed by atoms with Gasteiger partial charge in [0.1, 0.15) is 13.1 Å². The maximum Gasteiger partial charge on any atom is 0.103 e. The van der Waals surface area contributed by atoms with Gasteiger partial charge in [-0.1, -0.05) is 60.7 Å². The van der Waals surface area contributed by atoms with Gasteiger partial charge in [0.25, 0.3) is 0 Å². The van der Waals surface area contributed by atoms with E-state index in [2.05, 4.69) is 67.6 Å². The second-order valence-electron chi connectivity index (χ2n) is 4.92. The molecule has 2 rings (SSSR count). The van der Waals surface area contributed by atoms with Crippen molar-refractivity contribution >= 4 is 5.97 Å². The van der Waals surface area contributed by atoms with Crippen LogP contribution in [-0.2, 0) is 17.9 Å². The van der Waals surface area contributed by atoms with Crippen molar-refractivity contribution in [2.24, 2.45) is 0 Å². The average Bonchev–Trinajstić information content (AvgIpc) is 2.48. The molecule has 3 heteroatoms. The summed E-state index contributed by atoms with van der Waals surface area (Å²) in [5, 5.41) is 8.89. The fraction of sp³-hybridized carbons (Fsp3) is 0.278. The lowest BCUT2D eigenvalue weighted by atomic mass is 10.2. The van der Waals surface area contributed by atoms with Crippen LogP contribution in [0.1, 0.15) is 25.0 Å². The van der Waals surface area contributed by atoms with Crippen LogP contribution >= 0.6 is 0 Å². The monoisotopic (exact) mass is 285 g/mol. The number of benzene rings is 2. The van der Waals surface area contributed by atoms with Crippen LogP contribution in [0.25, 0.3) is 0 Å². The lowest BCUT2D eigenvalue weighted by Crippen LogP contribution is -3.09. The second kappa shape index (κ2) is 9.72. The molecule has 112 valence electrons. The predicted octanol–water partition coefficient (Wildman–Crippen LogP) is 1.05. The second-order valence-corrected chi connectivity index (χ2v) is 4.92. The van der Waals surface area contributed by atoms with Crippen molar-refractivity contribution in [2.75, 3.05) is 6.54 Å². The van der Waals surface area contributed by atoms with Crippen molar-refractivity contribution in [3.63, 3.8) is 0 Å². The van der Waals surface area contributed by atoms with E-state index < -0.39 is 5.97 Å². The Morgan fingerprint density at radius 3 is 1.52 bits per heavy atom. The molecule has 0 fully saturated rings. The first-order chi connectivity index (χ1) is 10.1. The van der Waals surface area contributed by atoms with E-state index in [1.165, 1.54) is 11.1 Å². The van der Waals surface area contributed by atoms with Gasteiger partial charge >= 0.3 is 0 Å². The fourth-order valence-corrected chi connectivity index (χ4v) is 2.08. The topological polar surface area (TPSA) is 44.6 Å². The molecule has 2 aromatic rings. The number of quaternary nitrogens is 1. The van der Waals surface area contributed by atoms with E-state index in [1.54, 1.807) is 4.90 Å². The van der Waals surface area contributed by atoms with E-state index in [9.17, 15) is 0 Å². The van der Waals surface area contributed by atoms with E-state index in [0.29, 0.717) is 0 Å². The van der Waals surface area contributed by atoms with Crippen LogP contribution in [-0.4, -0.2) is 12.5 Å². The molecule has 2 aromatic carbocycles. The normalized spacial score (nSPS) is 9.86. The number of carboxylic acids is 1. The zero-order chi connectivity index (χ0) is 15.5. The Kier molecular flexibility index (Phi) is 7.84. The Labute approximate surface area is 126 Å². The third-order valence-corrected chi connectivity index (χ3v) is 3.09. The zero-order valence-electron chi connectivity index (χ0n) is 12.7. The SMILES string of the molecule is CC(=O)[O-].CC[NH+](Cc1ccccc1)Cc1ccccc1. The van der Waals surface area contributed by atoms with Gasteiger partial charge in [-0.3, -0.25) is 0 Å². The molecule has 21 heavy (non-hydrogen) atoms. The van der Waals surface area contributed by atoms with Gasteiger partial charge in [0.2, 0.25) is 0 Å². The van der Waals surface area contributed by atoms with Gasteiger partial charge in [-0.15, -0.1) is 0 Å². The molecule has 0 spiro atoms. The third kappa shape index (κ3) is 7.90. The molecule has 3 nitrogen and oxygen atoms in total. The Balaban J connectivity index is 0.000000491. The molecule has 0 aromatic heterocycles. The summed E-state index contributed by atoms with van der Waals surface area (Å²) in [5.41, 5.74) is 2.83. The molecule has 0 saturated carbocycles. The first-order valence-electron chi connectivity index (χ1n) is 7.20. The number of hydrogen-bond acceptors (Lipinski definition) is 2. The molecule has 0 atom stereocenters. The smallest absolute Gasteiger partial charge is 0.103 e. The molecule has 0 aliphatic heterocycles. The quantitative estimate of drug-likeness (QED) is 0.892. The largest absolute Gasteiger partial charge is 0.550 e. The van der Waals surface area contributed by atoms with Crippen molar-refractivity contribution in [1.82, 2.24) is 0 Å². The molecule has 0 heterocycles.